The first kappa shape index (κ1) is 19.9. The smallest absolute Gasteiger partial charge is 0.278 e. The molecule has 3 heterocycles. The van der Waals surface area contributed by atoms with Crippen LogP contribution in [-0.2, 0) is 6.42 Å². The Bertz CT molecular complexity index is 795. The zero-order valence-corrected chi connectivity index (χ0v) is 17.0. The van der Waals surface area contributed by atoms with Crippen molar-refractivity contribution in [2.24, 2.45) is 0 Å². The van der Waals surface area contributed by atoms with E-state index < -0.39 is 0 Å². The highest BCUT2D eigenvalue weighted by atomic mass is 35.5. The van der Waals surface area contributed by atoms with Crippen LogP contribution < -0.4 is 10.2 Å². The van der Waals surface area contributed by atoms with Crippen LogP contribution in [0.2, 0.25) is 0 Å². The summed E-state index contributed by atoms with van der Waals surface area (Å²) in [7, 11) is 0. The lowest BCUT2D eigenvalue weighted by molar-refractivity contribution is 0.0979. The Morgan fingerprint density at radius 3 is 2.85 bits per heavy atom. The van der Waals surface area contributed by atoms with Gasteiger partial charge in [0.15, 0.2) is 5.69 Å². The predicted octanol–water partition coefficient (Wildman–Crippen LogP) is 3.95. The maximum Gasteiger partial charge on any atom is 0.278 e. The number of nitrogens with one attached hydrogen (secondary N) is 1. The lowest BCUT2D eigenvalue weighted by Crippen LogP contribution is -2.36. The highest BCUT2D eigenvalue weighted by molar-refractivity contribution is 6.05. The van der Waals surface area contributed by atoms with Gasteiger partial charge in [-0.15, -0.1) is 12.4 Å². The minimum Gasteiger partial charge on any atom is -0.315 e. The van der Waals surface area contributed by atoms with Crippen LogP contribution in [-0.4, -0.2) is 35.3 Å². The number of piperidine rings is 1. The normalized spacial score (nSPS) is 19.5. The van der Waals surface area contributed by atoms with Gasteiger partial charge in [0.1, 0.15) is 0 Å². The molecule has 146 valence electrons. The third-order valence-electron chi connectivity index (χ3n) is 5.61. The molecule has 0 aliphatic carbocycles. The van der Waals surface area contributed by atoms with Crippen molar-refractivity contribution in [3.63, 3.8) is 0 Å². The van der Waals surface area contributed by atoms with E-state index in [1.807, 2.05) is 21.8 Å². The fourth-order valence-corrected chi connectivity index (χ4v) is 4.04. The Morgan fingerprint density at radius 1 is 1.26 bits per heavy atom. The molecule has 27 heavy (non-hydrogen) atoms. The number of carbonyl (C=O) groups is 1. The molecule has 0 spiro atoms. The van der Waals surface area contributed by atoms with Crippen LogP contribution in [0, 0.1) is 0 Å². The third kappa shape index (κ3) is 4.04. The number of fused-ring (bicyclic) bond motifs is 1. The van der Waals surface area contributed by atoms with E-state index in [1.165, 1.54) is 11.1 Å². The van der Waals surface area contributed by atoms with Gasteiger partial charge >= 0.3 is 0 Å². The molecule has 0 radical (unpaired) electrons. The van der Waals surface area contributed by atoms with Gasteiger partial charge in [0.25, 0.3) is 5.91 Å². The molecule has 1 N–H and O–H groups in total. The summed E-state index contributed by atoms with van der Waals surface area (Å²) >= 11 is 0. The van der Waals surface area contributed by atoms with Crippen LogP contribution in [0.3, 0.4) is 0 Å². The SMILES string of the molecule is CC(C)c1ccc2c(c1)CCCN2C(=O)c1ccn(C2CCCNC2)n1.Cl. The van der Waals surface area contributed by atoms with Crippen molar-refractivity contribution < 1.29 is 4.79 Å². The molecular weight excluding hydrogens is 360 g/mol. The van der Waals surface area contributed by atoms with Crippen molar-refractivity contribution in [2.45, 2.75) is 51.5 Å². The quantitative estimate of drug-likeness (QED) is 0.866. The minimum absolute atomic E-state index is 0. The second-order valence-electron chi connectivity index (χ2n) is 7.78. The van der Waals surface area contributed by atoms with Crippen molar-refractivity contribution >= 4 is 24.0 Å². The molecule has 1 unspecified atom stereocenters. The van der Waals surface area contributed by atoms with Crippen molar-refractivity contribution in [2.75, 3.05) is 24.5 Å². The van der Waals surface area contributed by atoms with Gasteiger partial charge in [-0.2, -0.15) is 5.10 Å². The van der Waals surface area contributed by atoms with Crippen molar-refractivity contribution in [1.82, 2.24) is 15.1 Å². The van der Waals surface area contributed by atoms with Crippen molar-refractivity contribution in [3.05, 3.63) is 47.3 Å². The molecule has 1 fully saturated rings. The second-order valence-corrected chi connectivity index (χ2v) is 7.78. The van der Waals surface area contributed by atoms with Gasteiger partial charge < -0.3 is 10.2 Å². The van der Waals surface area contributed by atoms with Crippen LogP contribution in [0.1, 0.15) is 66.7 Å². The minimum atomic E-state index is 0. The topological polar surface area (TPSA) is 50.2 Å². The third-order valence-corrected chi connectivity index (χ3v) is 5.61. The largest absolute Gasteiger partial charge is 0.315 e. The van der Waals surface area contributed by atoms with Crippen molar-refractivity contribution in [1.29, 1.82) is 0 Å². The van der Waals surface area contributed by atoms with E-state index in [0.29, 0.717) is 17.7 Å². The Hall–Kier alpha value is -1.85. The van der Waals surface area contributed by atoms with Gasteiger partial charge in [0.2, 0.25) is 0 Å². The number of amides is 1. The van der Waals surface area contributed by atoms with Crippen LogP contribution in [0.15, 0.2) is 30.5 Å². The molecule has 4 rings (SSSR count). The standard InChI is InChI=1S/C21H28N4O.ClH/c1-15(2)16-7-8-20-17(13-16)5-4-11-24(20)21(26)19-9-12-25(23-19)18-6-3-10-22-14-18;/h7-9,12-13,15,18,22H,3-6,10-11,14H2,1-2H3;1H. The number of rotatable bonds is 3. The van der Waals surface area contributed by atoms with Crippen LogP contribution in [0.25, 0.3) is 0 Å². The van der Waals surface area contributed by atoms with Crippen molar-refractivity contribution in [3.8, 4) is 0 Å². The Kier molecular flexibility index (Phi) is 6.22. The van der Waals surface area contributed by atoms with Crippen LogP contribution in [0.5, 0.6) is 0 Å². The first-order chi connectivity index (χ1) is 12.6. The summed E-state index contributed by atoms with van der Waals surface area (Å²) in [6.07, 6.45) is 6.28. The molecule has 1 aromatic carbocycles. The summed E-state index contributed by atoms with van der Waals surface area (Å²) in [5.41, 5.74) is 4.23. The van der Waals surface area contributed by atoms with E-state index in [0.717, 1.165) is 51.0 Å². The number of aryl methyl sites for hydroxylation is 1. The maximum atomic E-state index is 13.1. The van der Waals surface area contributed by atoms with E-state index in [9.17, 15) is 4.79 Å². The summed E-state index contributed by atoms with van der Waals surface area (Å²) in [5.74, 6) is 0.525. The van der Waals surface area contributed by atoms with Gasteiger partial charge in [0.05, 0.1) is 6.04 Å². The molecule has 5 nitrogen and oxygen atoms in total. The van der Waals surface area contributed by atoms with Gasteiger partial charge in [-0.3, -0.25) is 9.48 Å². The van der Waals surface area contributed by atoms with E-state index in [4.69, 9.17) is 0 Å². The molecule has 6 heteroatoms. The lowest BCUT2D eigenvalue weighted by Gasteiger charge is -2.29. The summed E-state index contributed by atoms with van der Waals surface area (Å²) < 4.78 is 1.96. The highest BCUT2D eigenvalue weighted by Crippen LogP contribution is 2.31. The summed E-state index contributed by atoms with van der Waals surface area (Å²) in [6, 6.07) is 8.76. The van der Waals surface area contributed by atoms with E-state index >= 15 is 0 Å². The number of aromatic nitrogens is 2. The second kappa shape index (κ2) is 8.44. The molecule has 1 aromatic heterocycles. The molecule has 1 saturated heterocycles. The zero-order valence-electron chi connectivity index (χ0n) is 16.1. The molecule has 2 aliphatic heterocycles. The Morgan fingerprint density at radius 2 is 2.11 bits per heavy atom. The molecular formula is C21H29ClN4O. The molecule has 2 aromatic rings. The zero-order chi connectivity index (χ0) is 18.1. The number of anilines is 1. The summed E-state index contributed by atoms with van der Waals surface area (Å²) in [6.45, 7) is 7.19. The molecule has 0 bridgehead atoms. The fourth-order valence-electron chi connectivity index (χ4n) is 4.04. The van der Waals surface area contributed by atoms with E-state index in [1.54, 1.807) is 0 Å². The van der Waals surface area contributed by atoms with Crippen LogP contribution in [0.4, 0.5) is 5.69 Å². The van der Waals surface area contributed by atoms with Gasteiger partial charge in [0, 0.05) is 25.0 Å². The maximum absolute atomic E-state index is 13.1. The number of nitrogens with zero attached hydrogens (tertiary/aromatic N) is 3. The van der Waals surface area contributed by atoms with E-state index in [-0.39, 0.29) is 18.3 Å². The molecule has 1 amide bonds. The van der Waals surface area contributed by atoms with E-state index in [2.05, 4.69) is 42.5 Å². The van der Waals surface area contributed by atoms with Gasteiger partial charge in [-0.1, -0.05) is 26.0 Å². The lowest BCUT2D eigenvalue weighted by atomic mass is 9.94. The number of hydrogen-bond acceptors (Lipinski definition) is 3. The number of benzene rings is 1. The Labute approximate surface area is 167 Å². The van der Waals surface area contributed by atoms with Gasteiger partial charge in [-0.05, 0) is 61.4 Å². The van der Waals surface area contributed by atoms with Gasteiger partial charge in [-0.25, -0.2) is 0 Å². The predicted molar refractivity (Wildman–Crippen MR) is 111 cm³/mol. The molecule has 0 saturated carbocycles. The first-order valence-electron chi connectivity index (χ1n) is 9.84. The average Bonchev–Trinajstić information content (AvgIpc) is 3.17. The average molecular weight is 389 g/mol. The summed E-state index contributed by atoms with van der Waals surface area (Å²) in [5, 5.41) is 8.02. The molecule has 2 aliphatic rings. The number of carbonyl (C=O) groups excluding carboxylic acids is 1. The Balaban J connectivity index is 0.00000210. The molecule has 1 atom stereocenters. The monoisotopic (exact) mass is 388 g/mol. The fraction of sp³-hybridized carbons (Fsp3) is 0.524. The van der Waals surface area contributed by atoms with Crippen LogP contribution >= 0.6 is 12.4 Å². The first-order valence-corrected chi connectivity index (χ1v) is 9.84. The highest BCUT2D eigenvalue weighted by Gasteiger charge is 2.26. The summed E-state index contributed by atoms with van der Waals surface area (Å²) in [4.78, 5) is 15.0. The number of hydrogen-bond donors (Lipinski definition) is 1. The number of halogens is 1.